The predicted molar refractivity (Wildman–Crippen MR) is 89.0 cm³/mol. The molecule has 1 aliphatic rings. The van der Waals surface area contributed by atoms with E-state index >= 15 is 0 Å². The largest absolute Gasteiger partial charge is 0.448 e. The second-order valence-corrected chi connectivity index (χ2v) is 5.91. The maximum absolute atomic E-state index is 12.3. The summed E-state index contributed by atoms with van der Waals surface area (Å²) in [7, 11) is 0. The van der Waals surface area contributed by atoms with Crippen LogP contribution < -0.4 is 10.5 Å². The number of anilines is 1. The number of oxazole rings is 1. The lowest BCUT2D eigenvalue weighted by Gasteiger charge is -2.31. The first kappa shape index (κ1) is 14.7. The third-order valence-corrected chi connectivity index (χ3v) is 4.44. The van der Waals surface area contributed by atoms with Gasteiger partial charge in [0.15, 0.2) is 12.0 Å². The molecule has 1 aliphatic heterocycles. The summed E-state index contributed by atoms with van der Waals surface area (Å²) in [6, 6.07) is 0. The number of aromatic nitrogens is 5. The standard InChI is InChI=1S/C16H18N6O2/c1-2-5-22-14-12(8-18-22)15(23)20-16(19-14)21-6-3-11(4-7-21)13-9-17-10-24-13/h2,8-11H,1,3-7H2,(H,19,20,23). The van der Waals surface area contributed by atoms with Crippen molar-refractivity contribution in [2.45, 2.75) is 25.3 Å². The fourth-order valence-electron chi connectivity index (χ4n) is 3.16. The number of allylic oxidation sites excluding steroid dienone is 1. The van der Waals surface area contributed by atoms with Gasteiger partial charge in [0.25, 0.3) is 5.56 Å². The molecule has 4 heterocycles. The Bertz CT molecular complexity index is 902. The third kappa shape index (κ3) is 2.49. The minimum absolute atomic E-state index is 0.164. The second kappa shape index (κ2) is 5.95. The smallest absolute Gasteiger partial charge is 0.263 e. The number of aromatic amines is 1. The third-order valence-electron chi connectivity index (χ3n) is 4.44. The van der Waals surface area contributed by atoms with E-state index in [-0.39, 0.29) is 5.56 Å². The number of piperidine rings is 1. The molecule has 0 radical (unpaired) electrons. The molecule has 8 heteroatoms. The SMILES string of the molecule is C=CCn1ncc2c(=O)[nH]c(N3CCC(c4cnco4)CC3)nc21. The van der Waals surface area contributed by atoms with Crippen molar-refractivity contribution < 1.29 is 4.42 Å². The van der Waals surface area contributed by atoms with E-state index < -0.39 is 0 Å². The van der Waals surface area contributed by atoms with Crippen molar-refractivity contribution in [1.29, 1.82) is 0 Å². The molecule has 4 rings (SSSR count). The Kier molecular flexibility index (Phi) is 3.64. The Balaban J connectivity index is 1.59. The maximum atomic E-state index is 12.3. The van der Waals surface area contributed by atoms with Gasteiger partial charge in [0.1, 0.15) is 11.1 Å². The minimum atomic E-state index is -0.164. The molecule has 0 saturated carbocycles. The maximum Gasteiger partial charge on any atom is 0.263 e. The Morgan fingerprint density at radius 1 is 1.38 bits per heavy atom. The summed E-state index contributed by atoms with van der Waals surface area (Å²) >= 11 is 0. The molecule has 3 aromatic heterocycles. The van der Waals surface area contributed by atoms with Crippen LogP contribution in [0.2, 0.25) is 0 Å². The van der Waals surface area contributed by atoms with Gasteiger partial charge in [-0.2, -0.15) is 10.1 Å². The van der Waals surface area contributed by atoms with Gasteiger partial charge in [-0.1, -0.05) is 6.08 Å². The number of hydrogen-bond donors (Lipinski definition) is 1. The highest BCUT2D eigenvalue weighted by molar-refractivity contribution is 5.74. The van der Waals surface area contributed by atoms with Gasteiger partial charge < -0.3 is 9.32 Å². The van der Waals surface area contributed by atoms with Crippen LogP contribution in [0.5, 0.6) is 0 Å². The first-order valence-corrected chi connectivity index (χ1v) is 7.96. The Hall–Kier alpha value is -2.90. The number of rotatable bonds is 4. The van der Waals surface area contributed by atoms with Crippen LogP contribution in [0.25, 0.3) is 11.0 Å². The lowest BCUT2D eigenvalue weighted by Crippen LogP contribution is -2.35. The van der Waals surface area contributed by atoms with Crippen LogP contribution in [-0.4, -0.2) is 37.8 Å². The van der Waals surface area contributed by atoms with Crippen LogP contribution in [0.4, 0.5) is 5.95 Å². The van der Waals surface area contributed by atoms with Crippen molar-refractivity contribution in [3.63, 3.8) is 0 Å². The average Bonchev–Trinajstić information content (AvgIpc) is 3.26. The van der Waals surface area contributed by atoms with Gasteiger partial charge >= 0.3 is 0 Å². The van der Waals surface area contributed by atoms with Crippen LogP contribution in [0, 0.1) is 0 Å². The van der Waals surface area contributed by atoms with E-state index in [0.29, 0.717) is 29.4 Å². The summed E-state index contributed by atoms with van der Waals surface area (Å²) in [6.07, 6.45) is 8.39. The molecule has 124 valence electrons. The monoisotopic (exact) mass is 326 g/mol. The summed E-state index contributed by atoms with van der Waals surface area (Å²) in [5.41, 5.74) is 0.425. The number of nitrogens with zero attached hydrogens (tertiary/aromatic N) is 5. The fourth-order valence-corrected chi connectivity index (χ4v) is 3.16. The second-order valence-electron chi connectivity index (χ2n) is 5.91. The first-order chi connectivity index (χ1) is 11.8. The van der Waals surface area contributed by atoms with Crippen molar-refractivity contribution in [1.82, 2.24) is 24.7 Å². The minimum Gasteiger partial charge on any atom is -0.448 e. The van der Waals surface area contributed by atoms with Gasteiger partial charge in [0.05, 0.1) is 18.9 Å². The molecule has 0 amide bonds. The molecule has 0 unspecified atom stereocenters. The molecule has 0 spiro atoms. The zero-order valence-electron chi connectivity index (χ0n) is 13.2. The van der Waals surface area contributed by atoms with Crippen LogP contribution in [0.15, 0.2) is 40.7 Å². The summed E-state index contributed by atoms with van der Waals surface area (Å²) in [5.74, 6) is 1.88. The molecule has 1 N–H and O–H groups in total. The average molecular weight is 326 g/mol. The zero-order valence-corrected chi connectivity index (χ0v) is 13.2. The normalized spacial score (nSPS) is 15.9. The van der Waals surface area contributed by atoms with Crippen molar-refractivity contribution in [3.05, 3.63) is 47.6 Å². The van der Waals surface area contributed by atoms with Crippen LogP contribution >= 0.6 is 0 Å². The van der Waals surface area contributed by atoms with Crippen molar-refractivity contribution in [3.8, 4) is 0 Å². The lowest BCUT2D eigenvalue weighted by atomic mass is 9.95. The van der Waals surface area contributed by atoms with E-state index in [2.05, 4.69) is 31.5 Å². The molecule has 1 saturated heterocycles. The molecule has 0 bridgehead atoms. The number of fused-ring (bicyclic) bond motifs is 1. The molecule has 24 heavy (non-hydrogen) atoms. The molecule has 0 aliphatic carbocycles. The summed E-state index contributed by atoms with van der Waals surface area (Å²) in [5, 5.41) is 4.70. The van der Waals surface area contributed by atoms with Gasteiger partial charge in [0, 0.05) is 19.0 Å². The zero-order chi connectivity index (χ0) is 16.5. The van der Waals surface area contributed by atoms with Crippen molar-refractivity contribution in [2.24, 2.45) is 0 Å². The molecule has 0 atom stereocenters. The Morgan fingerprint density at radius 2 is 2.21 bits per heavy atom. The molecular formula is C16H18N6O2. The van der Waals surface area contributed by atoms with E-state index in [0.717, 1.165) is 31.7 Å². The molecule has 1 fully saturated rings. The van der Waals surface area contributed by atoms with Crippen molar-refractivity contribution >= 4 is 17.0 Å². The summed E-state index contributed by atoms with van der Waals surface area (Å²) in [6.45, 7) is 5.83. The number of hydrogen-bond acceptors (Lipinski definition) is 6. The molecule has 3 aromatic rings. The number of nitrogens with one attached hydrogen (secondary N) is 1. The Labute approximate surface area is 137 Å². The summed E-state index contributed by atoms with van der Waals surface area (Å²) in [4.78, 5) is 25.8. The van der Waals surface area contributed by atoms with E-state index in [1.807, 2.05) is 0 Å². The van der Waals surface area contributed by atoms with Crippen LogP contribution in [0.3, 0.4) is 0 Å². The number of H-pyrrole nitrogens is 1. The predicted octanol–water partition coefficient (Wildman–Crippen LogP) is 1.68. The van der Waals surface area contributed by atoms with E-state index in [1.165, 1.54) is 6.39 Å². The highest BCUT2D eigenvalue weighted by Crippen LogP contribution is 2.29. The van der Waals surface area contributed by atoms with E-state index in [9.17, 15) is 4.79 Å². The first-order valence-electron chi connectivity index (χ1n) is 7.96. The molecule has 0 aromatic carbocycles. The van der Waals surface area contributed by atoms with Gasteiger partial charge in [-0.05, 0) is 12.8 Å². The van der Waals surface area contributed by atoms with Gasteiger partial charge in [-0.25, -0.2) is 9.67 Å². The molecule has 8 nitrogen and oxygen atoms in total. The van der Waals surface area contributed by atoms with Gasteiger partial charge in [0.2, 0.25) is 5.95 Å². The van der Waals surface area contributed by atoms with E-state index in [4.69, 9.17) is 4.42 Å². The van der Waals surface area contributed by atoms with Gasteiger partial charge in [-0.3, -0.25) is 9.78 Å². The molecular weight excluding hydrogens is 308 g/mol. The summed E-state index contributed by atoms with van der Waals surface area (Å²) < 4.78 is 7.08. The topological polar surface area (TPSA) is 92.8 Å². The highest BCUT2D eigenvalue weighted by Gasteiger charge is 2.24. The van der Waals surface area contributed by atoms with Gasteiger partial charge in [-0.15, -0.1) is 6.58 Å². The van der Waals surface area contributed by atoms with Crippen LogP contribution in [0.1, 0.15) is 24.5 Å². The highest BCUT2D eigenvalue weighted by atomic mass is 16.3. The van der Waals surface area contributed by atoms with Crippen LogP contribution in [-0.2, 0) is 6.54 Å². The fraction of sp³-hybridized carbons (Fsp3) is 0.375. The quantitative estimate of drug-likeness (QED) is 0.733. The Morgan fingerprint density at radius 3 is 2.92 bits per heavy atom. The van der Waals surface area contributed by atoms with Crippen molar-refractivity contribution in [2.75, 3.05) is 18.0 Å². The lowest BCUT2D eigenvalue weighted by molar-refractivity contribution is 0.403. The van der Waals surface area contributed by atoms with E-state index in [1.54, 1.807) is 23.2 Å².